The highest BCUT2D eigenvalue weighted by atomic mass is 16.4. The maximum absolute atomic E-state index is 6.05. The van der Waals surface area contributed by atoms with Crippen LogP contribution in [0.1, 0.15) is 13.8 Å². The van der Waals surface area contributed by atoms with Gasteiger partial charge in [-0.2, -0.15) is 0 Å². The van der Waals surface area contributed by atoms with Gasteiger partial charge in [0.25, 0.3) is 0 Å². The van der Waals surface area contributed by atoms with Gasteiger partial charge < -0.3 is 4.42 Å². The number of fused-ring (bicyclic) bond motifs is 1. The summed E-state index contributed by atoms with van der Waals surface area (Å²) in [6, 6.07) is 20.4. The van der Waals surface area contributed by atoms with Crippen LogP contribution in [-0.4, -0.2) is 10.2 Å². The molecule has 0 radical (unpaired) electrons. The van der Waals surface area contributed by atoms with E-state index < -0.39 is 0 Å². The molecule has 0 fully saturated rings. The fraction of sp³-hybridized carbons (Fsp3) is 0.0909. The Balaban J connectivity index is 1.90. The molecule has 1 aromatic heterocycles. The average molecular weight is 326 g/mol. The van der Waals surface area contributed by atoms with Gasteiger partial charge in [-0.3, -0.25) is 0 Å². The molecule has 0 aliphatic heterocycles. The van der Waals surface area contributed by atoms with Crippen LogP contribution in [0, 0.1) is 0 Å². The molecule has 4 rings (SSSR count). The lowest BCUT2D eigenvalue weighted by atomic mass is 10.0. The second kappa shape index (κ2) is 6.36. The summed E-state index contributed by atoms with van der Waals surface area (Å²) in [5, 5.41) is 13.1. The number of benzene rings is 3. The van der Waals surface area contributed by atoms with Gasteiger partial charge >= 0.3 is 0 Å². The van der Waals surface area contributed by atoms with Gasteiger partial charge in [-0.25, -0.2) is 0 Å². The molecule has 4 aromatic rings. The van der Waals surface area contributed by atoms with Crippen molar-refractivity contribution in [2.45, 2.75) is 13.8 Å². The van der Waals surface area contributed by atoms with Gasteiger partial charge in [0, 0.05) is 11.1 Å². The first-order valence-corrected chi connectivity index (χ1v) is 8.35. The largest absolute Gasteiger partial charge is 0.416 e. The molecule has 1 heterocycles. The number of rotatable bonds is 2. The molecule has 0 unspecified atom stereocenters. The monoisotopic (exact) mass is 326 g/mol. The van der Waals surface area contributed by atoms with E-state index in [2.05, 4.69) is 46.6 Å². The van der Waals surface area contributed by atoms with E-state index in [1.54, 1.807) is 0 Å². The third kappa shape index (κ3) is 2.64. The van der Waals surface area contributed by atoms with Gasteiger partial charge in [-0.05, 0) is 47.2 Å². The lowest BCUT2D eigenvalue weighted by Gasteiger charge is -2.02. The first-order chi connectivity index (χ1) is 12.3. The van der Waals surface area contributed by atoms with Crippen LogP contribution in [-0.2, 0) is 0 Å². The number of hydrogen-bond donors (Lipinski definition) is 0. The topological polar surface area (TPSA) is 38.9 Å². The summed E-state index contributed by atoms with van der Waals surface area (Å²) >= 11 is 0. The first-order valence-electron chi connectivity index (χ1n) is 8.35. The van der Waals surface area contributed by atoms with E-state index in [1.165, 1.54) is 0 Å². The lowest BCUT2D eigenvalue weighted by Crippen LogP contribution is -2.25. The SMILES string of the molecule is C/C=c1/cccc(-c2nnc(-c3cccc4ccccc34)o2)/c1=C/C. The Kier molecular flexibility index (Phi) is 3.90. The summed E-state index contributed by atoms with van der Waals surface area (Å²) in [4.78, 5) is 0. The molecule has 3 aromatic carbocycles. The Morgan fingerprint density at radius 1 is 0.720 bits per heavy atom. The highest BCUT2D eigenvalue weighted by Crippen LogP contribution is 2.29. The van der Waals surface area contributed by atoms with Crippen LogP contribution in [0.2, 0.25) is 0 Å². The summed E-state index contributed by atoms with van der Waals surface area (Å²) in [5.41, 5.74) is 1.91. The van der Waals surface area contributed by atoms with E-state index in [-0.39, 0.29) is 0 Å². The van der Waals surface area contributed by atoms with Crippen LogP contribution in [0.3, 0.4) is 0 Å². The first kappa shape index (κ1) is 15.3. The Labute approximate surface area is 146 Å². The molecule has 122 valence electrons. The maximum atomic E-state index is 6.05. The second-order valence-electron chi connectivity index (χ2n) is 5.82. The molecule has 0 aliphatic carbocycles. The predicted molar refractivity (Wildman–Crippen MR) is 102 cm³/mol. The molecule has 3 nitrogen and oxygen atoms in total. The quantitative estimate of drug-likeness (QED) is 0.555. The smallest absolute Gasteiger partial charge is 0.248 e. The minimum absolute atomic E-state index is 0.541. The Morgan fingerprint density at radius 3 is 2.20 bits per heavy atom. The second-order valence-corrected chi connectivity index (χ2v) is 5.82. The van der Waals surface area contributed by atoms with Crippen LogP contribution < -0.4 is 10.4 Å². The Bertz CT molecular complexity index is 1170. The van der Waals surface area contributed by atoms with Crippen LogP contribution in [0.5, 0.6) is 0 Å². The minimum Gasteiger partial charge on any atom is -0.416 e. The van der Waals surface area contributed by atoms with Crippen LogP contribution in [0.25, 0.3) is 45.8 Å². The van der Waals surface area contributed by atoms with Crippen LogP contribution >= 0.6 is 0 Å². The van der Waals surface area contributed by atoms with Gasteiger partial charge in [-0.1, -0.05) is 60.7 Å². The van der Waals surface area contributed by atoms with E-state index >= 15 is 0 Å². The number of nitrogens with zero attached hydrogens (tertiary/aromatic N) is 2. The third-order valence-corrected chi connectivity index (χ3v) is 4.41. The average Bonchev–Trinajstić information content (AvgIpc) is 3.16. The van der Waals surface area contributed by atoms with Crippen molar-refractivity contribution in [2.75, 3.05) is 0 Å². The third-order valence-electron chi connectivity index (χ3n) is 4.41. The van der Waals surface area contributed by atoms with E-state index in [0.717, 1.165) is 32.3 Å². The normalized spacial score (nSPS) is 12.9. The van der Waals surface area contributed by atoms with E-state index in [4.69, 9.17) is 4.42 Å². The van der Waals surface area contributed by atoms with Crippen LogP contribution in [0.15, 0.2) is 65.1 Å². The minimum atomic E-state index is 0.541. The van der Waals surface area contributed by atoms with Gasteiger partial charge in [0.1, 0.15) is 0 Å². The van der Waals surface area contributed by atoms with Gasteiger partial charge in [0.05, 0.1) is 0 Å². The summed E-state index contributed by atoms with van der Waals surface area (Å²) in [7, 11) is 0. The van der Waals surface area contributed by atoms with Crippen molar-refractivity contribution in [1.29, 1.82) is 0 Å². The highest BCUT2D eigenvalue weighted by Gasteiger charge is 2.13. The number of aromatic nitrogens is 2. The van der Waals surface area contributed by atoms with E-state index in [9.17, 15) is 0 Å². The maximum Gasteiger partial charge on any atom is 0.248 e. The molecule has 0 spiro atoms. The fourth-order valence-electron chi connectivity index (χ4n) is 3.20. The Morgan fingerprint density at radius 2 is 1.40 bits per heavy atom. The fourth-order valence-corrected chi connectivity index (χ4v) is 3.20. The van der Waals surface area contributed by atoms with Crippen molar-refractivity contribution in [3.05, 3.63) is 71.1 Å². The Hall–Kier alpha value is -3.20. The summed E-state index contributed by atoms with van der Waals surface area (Å²) in [6.07, 6.45) is 4.16. The zero-order valence-electron chi connectivity index (χ0n) is 14.2. The molecule has 3 heteroatoms. The molecule has 0 amide bonds. The van der Waals surface area contributed by atoms with Crippen molar-refractivity contribution in [2.24, 2.45) is 0 Å². The molecular formula is C22H18N2O. The predicted octanol–water partition coefficient (Wildman–Crippen LogP) is 4.16. The van der Waals surface area contributed by atoms with Gasteiger partial charge in [-0.15, -0.1) is 10.2 Å². The summed E-state index contributed by atoms with van der Waals surface area (Å²) < 4.78 is 6.05. The van der Waals surface area contributed by atoms with E-state index in [0.29, 0.717) is 11.8 Å². The van der Waals surface area contributed by atoms with Crippen molar-refractivity contribution in [3.8, 4) is 22.9 Å². The zero-order valence-corrected chi connectivity index (χ0v) is 14.2. The molecular weight excluding hydrogens is 308 g/mol. The molecule has 0 atom stereocenters. The van der Waals surface area contributed by atoms with E-state index in [1.807, 2.05) is 50.2 Å². The van der Waals surface area contributed by atoms with Crippen molar-refractivity contribution in [3.63, 3.8) is 0 Å². The summed E-state index contributed by atoms with van der Waals surface area (Å²) in [5.74, 6) is 1.08. The van der Waals surface area contributed by atoms with Crippen molar-refractivity contribution < 1.29 is 4.42 Å². The molecule has 0 aliphatic rings. The standard InChI is InChI=1S/C22H18N2O/c1-3-15-10-7-13-19(17(15)4-2)21-23-24-22(25-21)20-14-8-11-16-9-5-6-12-18(16)20/h3-14H,1-2H3/b15-3-,17-4+. The van der Waals surface area contributed by atoms with Crippen molar-refractivity contribution >= 4 is 22.9 Å². The lowest BCUT2D eigenvalue weighted by molar-refractivity contribution is 0.584. The summed E-state index contributed by atoms with van der Waals surface area (Å²) in [6.45, 7) is 4.05. The van der Waals surface area contributed by atoms with Gasteiger partial charge in [0.15, 0.2) is 0 Å². The van der Waals surface area contributed by atoms with Crippen LogP contribution in [0.4, 0.5) is 0 Å². The molecule has 0 saturated carbocycles. The molecule has 0 bridgehead atoms. The van der Waals surface area contributed by atoms with Gasteiger partial charge in [0.2, 0.25) is 11.8 Å². The number of hydrogen-bond acceptors (Lipinski definition) is 3. The molecule has 0 N–H and O–H groups in total. The highest BCUT2D eigenvalue weighted by molar-refractivity contribution is 5.94. The molecule has 25 heavy (non-hydrogen) atoms. The van der Waals surface area contributed by atoms with Crippen molar-refractivity contribution in [1.82, 2.24) is 10.2 Å². The molecule has 0 saturated heterocycles. The zero-order chi connectivity index (χ0) is 17.2.